The van der Waals surface area contributed by atoms with Gasteiger partial charge in [-0.15, -0.1) is 11.3 Å². The van der Waals surface area contributed by atoms with Crippen molar-refractivity contribution >= 4 is 17.2 Å². The third kappa shape index (κ3) is 3.32. The first kappa shape index (κ1) is 11.6. The van der Waals surface area contributed by atoms with Crippen LogP contribution in [-0.4, -0.2) is 29.9 Å². The number of nitrogens with one attached hydrogen (secondary N) is 1. The molecule has 1 heterocycles. The number of carbonyl (C=O) groups is 1. The van der Waals surface area contributed by atoms with E-state index in [4.69, 9.17) is 0 Å². The van der Waals surface area contributed by atoms with E-state index in [1.165, 1.54) is 17.7 Å². The summed E-state index contributed by atoms with van der Waals surface area (Å²) in [5.74, 6) is 0.211. The SMILES string of the molecule is CCN(Cc1cccs1)C(=O)CNC1CC1. The molecule has 0 radical (unpaired) electrons. The molecular formula is C12H18N2OS. The van der Waals surface area contributed by atoms with Crippen molar-refractivity contribution in [1.29, 1.82) is 0 Å². The Morgan fingerprint density at radius 3 is 3.00 bits per heavy atom. The average Bonchev–Trinajstić information content (AvgIpc) is 2.99. The first-order valence-electron chi connectivity index (χ1n) is 5.83. The summed E-state index contributed by atoms with van der Waals surface area (Å²) >= 11 is 1.71. The minimum absolute atomic E-state index is 0.211. The molecule has 0 aliphatic heterocycles. The van der Waals surface area contributed by atoms with Gasteiger partial charge in [-0.2, -0.15) is 0 Å². The molecule has 0 atom stereocenters. The van der Waals surface area contributed by atoms with Gasteiger partial charge < -0.3 is 10.2 Å². The Hall–Kier alpha value is -0.870. The Labute approximate surface area is 100 Å². The fourth-order valence-electron chi connectivity index (χ4n) is 1.60. The van der Waals surface area contributed by atoms with E-state index in [2.05, 4.69) is 16.8 Å². The topological polar surface area (TPSA) is 32.3 Å². The molecule has 1 amide bonds. The van der Waals surface area contributed by atoms with E-state index >= 15 is 0 Å². The molecule has 1 aromatic heterocycles. The third-order valence-electron chi connectivity index (χ3n) is 2.78. The van der Waals surface area contributed by atoms with Crippen LogP contribution in [0, 0.1) is 0 Å². The fourth-order valence-corrected chi connectivity index (χ4v) is 2.32. The number of thiophene rings is 1. The number of rotatable bonds is 6. The molecule has 0 saturated heterocycles. The van der Waals surface area contributed by atoms with Gasteiger partial charge in [0.15, 0.2) is 0 Å². The summed E-state index contributed by atoms with van der Waals surface area (Å²) < 4.78 is 0. The van der Waals surface area contributed by atoms with E-state index in [0.29, 0.717) is 12.6 Å². The highest BCUT2D eigenvalue weighted by Crippen LogP contribution is 2.18. The standard InChI is InChI=1S/C12H18N2OS/c1-2-14(9-11-4-3-7-16-11)12(15)8-13-10-5-6-10/h3-4,7,10,13H,2,5-6,8-9H2,1H3. The highest BCUT2D eigenvalue weighted by Gasteiger charge is 2.22. The molecule has 1 aliphatic carbocycles. The van der Waals surface area contributed by atoms with Gasteiger partial charge in [-0.3, -0.25) is 4.79 Å². The minimum Gasteiger partial charge on any atom is -0.337 e. The molecule has 0 spiro atoms. The van der Waals surface area contributed by atoms with Crippen molar-refractivity contribution in [3.8, 4) is 0 Å². The third-order valence-corrected chi connectivity index (χ3v) is 3.64. The molecule has 0 unspecified atom stereocenters. The highest BCUT2D eigenvalue weighted by atomic mass is 32.1. The smallest absolute Gasteiger partial charge is 0.236 e. The van der Waals surface area contributed by atoms with Crippen LogP contribution in [-0.2, 0) is 11.3 Å². The van der Waals surface area contributed by atoms with Crippen LogP contribution in [0.4, 0.5) is 0 Å². The van der Waals surface area contributed by atoms with Crippen molar-refractivity contribution in [2.75, 3.05) is 13.1 Å². The lowest BCUT2D eigenvalue weighted by molar-refractivity contribution is -0.130. The second kappa shape index (κ2) is 5.46. The zero-order valence-corrected chi connectivity index (χ0v) is 10.4. The van der Waals surface area contributed by atoms with Crippen molar-refractivity contribution in [1.82, 2.24) is 10.2 Å². The Morgan fingerprint density at radius 1 is 1.62 bits per heavy atom. The van der Waals surface area contributed by atoms with Crippen molar-refractivity contribution in [3.05, 3.63) is 22.4 Å². The number of hydrogen-bond acceptors (Lipinski definition) is 3. The molecule has 0 bridgehead atoms. The van der Waals surface area contributed by atoms with Gasteiger partial charge in [-0.25, -0.2) is 0 Å². The van der Waals surface area contributed by atoms with Crippen molar-refractivity contribution in [3.63, 3.8) is 0 Å². The van der Waals surface area contributed by atoms with Crippen LogP contribution in [0.25, 0.3) is 0 Å². The lowest BCUT2D eigenvalue weighted by Gasteiger charge is -2.20. The van der Waals surface area contributed by atoms with Gasteiger partial charge in [0.2, 0.25) is 5.91 Å². The predicted molar refractivity (Wildman–Crippen MR) is 66.4 cm³/mol. The molecule has 0 aromatic carbocycles. The van der Waals surface area contributed by atoms with Crippen LogP contribution in [0.3, 0.4) is 0 Å². The molecule has 1 N–H and O–H groups in total. The van der Waals surface area contributed by atoms with E-state index < -0.39 is 0 Å². The van der Waals surface area contributed by atoms with Crippen molar-refractivity contribution < 1.29 is 4.79 Å². The Balaban J connectivity index is 1.80. The highest BCUT2D eigenvalue weighted by molar-refractivity contribution is 7.09. The number of likely N-dealkylation sites (N-methyl/N-ethyl adjacent to an activating group) is 1. The summed E-state index contributed by atoms with van der Waals surface area (Å²) in [6.45, 7) is 4.05. The maximum Gasteiger partial charge on any atom is 0.236 e. The van der Waals surface area contributed by atoms with Crippen LogP contribution < -0.4 is 5.32 Å². The predicted octanol–water partition coefficient (Wildman–Crippen LogP) is 1.85. The lowest BCUT2D eigenvalue weighted by atomic mass is 10.4. The molecular weight excluding hydrogens is 220 g/mol. The summed E-state index contributed by atoms with van der Waals surface area (Å²) in [7, 11) is 0. The first-order valence-corrected chi connectivity index (χ1v) is 6.71. The van der Waals surface area contributed by atoms with Gasteiger partial charge in [-0.05, 0) is 31.2 Å². The minimum atomic E-state index is 0.211. The number of amides is 1. The summed E-state index contributed by atoms with van der Waals surface area (Å²) in [5.41, 5.74) is 0. The molecule has 1 saturated carbocycles. The van der Waals surface area contributed by atoms with Crippen molar-refractivity contribution in [2.24, 2.45) is 0 Å². The largest absolute Gasteiger partial charge is 0.337 e. The van der Waals surface area contributed by atoms with E-state index in [9.17, 15) is 4.79 Å². The lowest BCUT2D eigenvalue weighted by Crippen LogP contribution is -2.38. The Bertz CT molecular complexity index is 333. The summed E-state index contributed by atoms with van der Waals surface area (Å²) in [5, 5.41) is 5.31. The summed E-state index contributed by atoms with van der Waals surface area (Å²) in [4.78, 5) is 15.1. The molecule has 1 aromatic rings. The van der Waals surface area contributed by atoms with Crippen molar-refractivity contribution in [2.45, 2.75) is 32.4 Å². The molecule has 1 fully saturated rings. The monoisotopic (exact) mass is 238 g/mol. The van der Waals surface area contributed by atoms with Crippen LogP contribution in [0.2, 0.25) is 0 Å². The summed E-state index contributed by atoms with van der Waals surface area (Å²) in [6.07, 6.45) is 2.45. The van der Waals surface area contributed by atoms with E-state index in [1.54, 1.807) is 11.3 Å². The normalized spacial score (nSPS) is 15.1. The Kier molecular flexibility index (Phi) is 3.96. The second-order valence-corrected chi connectivity index (χ2v) is 5.17. The average molecular weight is 238 g/mol. The van der Waals surface area contributed by atoms with Gasteiger partial charge in [-0.1, -0.05) is 6.07 Å². The van der Waals surface area contributed by atoms with Gasteiger partial charge in [0, 0.05) is 17.5 Å². The quantitative estimate of drug-likeness (QED) is 0.820. The van der Waals surface area contributed by atoms with Crippen LogP contribution in [0.1, 0.15) is 24.6 Å². The van der Waals surface area contributed by atoms with Gasteiger partial charge in [0.1, 0.15) is 0 Å². The zero-order chi connectivity index (χ0) is 11.4. The van der Waals surface area contributed by atoms with Gasteiger partial charge in [0.25, 0.3) is 0 Å². The number of nitrogens with zero attached hydrogens (tertiary/aromatic N) is 1. The number of carbonyl (C=O) groups excluding carboxylic acids is 1. The molecule has 16 heavy (non-hydrogen) atoms. The Morgan fingerprint density at radius 2 is 2.44 bits per heavy atom. The maximum atomic E-state index is 11.9. The van der Waals surface area contributed by atoms with E-state index in [1.807, 2.05) is 17.9 Å². The molecule has 4 heteroatoms. The first-order chi connectivity index (χ1) is 7.79. The molecule has 88 valence electrons. The van der Waals surface area contributed by atoms with E-state index in [0.717, 1.165) is 13.1 Å². The molecule has 2 rings (SSSR count). The molecule has 1 aliphatic rings. The van der Waals surface area contributed by atoms with Gasteiger partial charge >= 0.3 is 0 Å². The van der Waals surface area contributed by atoms with E-state index in [-0.39, 0.29) is 5.91 Å². The van der Waals surface area contributed by atoms with Crippen LogP contribution >= 0.6 is 11.3 Å². The van der Waals surface area contributed by atoms with Crippen LogP contribution in [0.15, 0.2) is 17.5 Å². The summed E-state index contributed by atoms with van der Waals surface area (Å²) in [6, 6.07) is 4.71. The second-order valence-electron chi connectivity index (χ2n) is 4.14. The zero-order valence-electron chi connectivity index (χ0n) is 9.61. The maximum absolute atomic E-state index is 11.9. The van der Waals surface area contributed by atoms with Gasteiger partial charge in [0.05, 0.1) is 13.1 Å². The number of hydrogen-bond donors (Lipinski definition) is 1. The van der Waals surface area contributed by atoms with Crippen LogP contribution in [0.5, 0.6) is 0 Å². The fraction of sp³-hybridized carbons (Fsp3) is 0.583. The molecule has 3 nitrogen and oxygen atoms in total.